The lowest BCUT2D eigenvalue weighted by Crippen LogP contribution is -2.36. The van der Waals surface area contributed by atoms with Gasteiger partial charge in [0, 0.05) is 23.1 Å². The Morgan fingerprint density at radius 1 is 1.15 bits per heavy atom. The summed E-state index contributed by atoms with van der Waals surface area (Å²) in [7, 11) is 0. The molecule has 1 saturated carbocycles. The number of aromatic nitrogens is 2. The minimum Gasteiger partial charge on any atom is -0.333 e. The van der Waals surface area contributed by atoms with Crippen LogP contribution in [0.15, 0.2) is 29.1 Å². The first-order valence-electron chi connectivity index (χ1n) is 12.2. The molecule has 3 aromatic rings. The number of nitrogens with one attached hydrogen (secondary N) is 1. The van der Waals surface area contributed by atoms with Gasteiger partial charge in [0.15, 0.2) is 0 Å². The second-order valence-electron chi connectivity index (χ2n) is 9.49. The summed E-state index contributed by atoms with van der Waals surface area (Å²) in [6, 6.07) is 9.26. The van der Waals surface area contributed by atoms with Crippen LogP contribution in [-0.4, -0.2) is 32.6 Å². The number of nitrogens with zero attached hydrogens (tertiary/aromatic N) is 2. The third-order valence-electron chi connectivity index (χ3n) is 7.24. The van der Waals surface area contributed by atoms with Gasteiger partial charge in [-0.1, -0.05) is 24.3 Å². The van der Waals surface area contributed by atoms with Crippen LogP contribution in [-0.2, 0) is 29.8 Å². The summed E-state index contributed by atoms with van der Waals surface area (Å²) in [5, 5.41) is 0.815. The molecule has 3 aliphatic carbocycles. The number of H-pyrrole nitrogens is 1. The van der Waals surface area contributed by atoms with Crippen LogP contribution >= 0.6 is 23.1 Å². The van der Waals surface area contributed by atoms with E-state index >= 15 is 0 Å². The summed E-state index contributed by atoms with van der Waals surface area (Å²) in [5.41, 5.74) is 3.98. The maximum atomic E-state index is 13.2. The number of benzene rings is 1. The first kappa shape index (κ1) is 21.4. The van der Waals surface area contributed by atoms with Crippen molar-refractivity contribution in [1.82, 2.24) is 14.9 Å². The maximum Gasteiger partial charge on any atom is 0.259 e. The zero-order valence-electron chi connectivity index (χ0n) is 18.8. The molecule has 33 heavy (non-hydrogen) atoms. The van der Waals surface area contributed by atoms with Crippen molar-refractivity contribution in [2.45, 2.75) is 75.6 Å². The number of hydrogen-bond donors (Lipinski definition) is 1. The SMILES string of the molecule is O=C(CCSCc1nc2sc3c(c2c(=O)[nH]1)CCCC3)N(C1CC1)C1CCc2ccccc21. The summed E-state index contributed by atoms with van der Waals surface area (Å²) >= 11 is 3.38. The van der Waals surface area contributed by atoms with Gasteiger partial charge in [0.25, 0.3) is 5.56 Å². The number of thioether (sulfide) groups is 1. The van der Waals surface area contributed by atoms with Gasteiger partial charge in [-0.05, 0) is 68.1 Å². The minimum absolute atomic E-state index is 0.00545. The van der Waals surface area contributed by atoms with E-state index in [1.807, 2.05) is 0 Å². The van der Waals surface area contributed by atoms with Crippen molar-refractivity contribution >= 4 is 39.2 Å². The van der Waals surface area contributed by atoms with E-state index in [-0.39, 0.29) is 17.5 Å². The number of hydrogen-bond acceptors (Lipinski definition) is 5. The van der Waals surface area contributed by atoms with Crippen LogP contribution in [0.5, 0.6) is 0 Å². The lowest BCUT2D eigenvalue weighted by Gasteiger charge is -2.30. The molecule has 1 aromatic carbocycles. The first-order chi connectivity index (χ1) is 16.2. The third-order valence-corrected chi connectivity index (χ3v) is 9.39. The summed E-state index contributed by atoms with van der Waals surface area (Å²) < 4.78 is 0. The van der Waals surface area contributed by atoms with Crippen LogP contribution in [0, 0.1) is 0 Å². The minimum atomic E-state index is 0.00545. The molecule has 5 nitrogen and oxygen atoms in total. The van der Waals surface area contributed by atoms with Gasteiger partial charge in [-0.2, -0.15) is 11.8 Å². The molecular formula is C26H29N3O2S2. The molecule has 6 rings (SSSR count). The number of aromatic amines is 1. The molecule has 3 aliphatic rings. The van der Waals surface area contributed by atoms with E-state index in [1.165, 1.54) is 28.0 Å². The molecule has 2 aromatic heterocycles. The zero-order valence-corrected chi connectivity index (χ0v) is 20.4. The van der Waals surface area contributed by atoms with Crippen molar-refractivity contribution in [2.24, 2.45) is 0 Å². The molecule has 0 bridgehead atoms. The molecule has 0 aliphatic heterocycles. The fourth-order valence-electron chi connectivity index (χ4n) is 5.54. The van der Waals surface area contributed by atoms with E-state index in [9.17, 15) is 9.59 Å². The first-order valence-corrected chi connectivity index (χ1v) is 14.2. The van der Waals surface area contributed by atoms with Gasteiger partial charge in [-0.15, -0.1) is 11.3 Å². The number of amides is 1. The van der Waals surface area contributed by atoms with Gasteiger partial charge in [-0.3, -0.25) is 9.59 Å². The lowest BCUT2D eigenvalue weighted by molar-refractivity contribution is -0.133. The van der Waals surface area contributed by atoms with Crippen LogP contribution < -0.4 is 5.56 Å². The number of fused-ring (bicyclic) bond motifs is 4. The van der Waals surface area contributed by atoms with Gasteiger partial charge < -0.3 is 9.88 Å². The van der Waals surface area contributed by atoms with Crippen LogP contribution in [0.4, 0.5) is 0 Å². The fraction of sp³-hybridized carbons (Fsp3) is 0.500. The molecule has 1 unspecified atom stereocenters. The molecule has 1 fully saturated rings. The molecule has 1 N–H and O–H groups in total. The van der Waals surface area contributed by atoms with Crippen molar-refractivity contribution in [3.05, 3.63) is 62.0 Å². The van der Waals surface area contributed by atoms with Gasteiger partial charge in [0.1, 0.15) is 10.7 Å². The number of rotatable bonds is 7. The Morgan fingerprint density at radius 3 is 2.88 bits per heavy atom. The van der Waals surface area contributed by atoms with E-state index in [1.54, 1.807) is 23.1 Å². The Morgan fingerprint density at radius 2 is 2.00 bits per heavy atom. The van der Waals surface area contributed by atoms with Crippen LogP contribution in [0.1, 0.15) is 72.0 Å². The average Bonchev–Trinajstić information content (AvgIpc) is 3.44. The lowest BCUT2D eigenvalue weighted by atomic mass is 9.97. The predicted octanol–water partition coefficient (Wildman–Crippen LogP) is 5.17. The molecule has 2 heterocycles. The highest BCUT2D eigenvalue weighted by Gasteiger charge is 2.39. The second-order valence-corrected chi connectivity index (χ2v) is 11.7. The average molecular weight is 480 g/mol. The molecule has 0 radical (unpaired) electrons. The van der Waals surface area contributed by atoms with Gasteiger partial charge >= 0.3 is 0 Å². The van der Waals surface area contributed by atoms with E-state index in [0.717, 1.165) is 66.7 Å². The Bertz CT molecular complexity index is 1260. The van der Waals surface area contributed by atoms with Crippen molar-refractivity contribution < 1.29 is 4.79 Å². The molecule has 1 amide bonds. The Balaban J connectivity index is 1.09. The second kappa shape index (κ2) is 8.91. The van der Waals surface area contributed by atoms with Crippen LogP contribution in [0.2, 0.25) is 0 Å². The topological polar surface area (TPSA) is 66.1 Å². The van der Waals surface area contributed by atoms with Crippen molar-refractivity contribution in [3.8, 4) is 0 Å². The zero-order chi connectivity index (χ0) is 22.4. The Hall–Kier alpha value is -2.12. The van der Waals surface area contributed by atoms with Crippen molar-refractivity contribution in [2.75, 3.05) is 5.75 Å². The van der Waals surface area contributed by atoms with Gasteiger partial charge in [-0.25, -0.2) is 4.98 Å². The normalized spacial score (nSPS) is 19.5. The highest BCUT2D eigenvalue weighted by Crippen LogP contribution is 2.42. The van der Waals surface area contributed by atoms with Crippen molar-refractivity contribution in [3.63, 3.8) is 0 Å². The number of thiophene rings is 1. The summed E-state index contributed by atoms with van der Waals surface area (Å²) in [4.78, 5) is 38.1. The highest BCUT2D eigenvalue weighted by atomic mass is 32.2. The summed E-state index contributed by atoms with van der Waals surface area (Å²) in [6.45, 7) is 0. The molecule has 0 spiro atoms. The molecule has 172 valence electrons. The predicted molar refractivity (Wildman–Crippen MR) is 135 cm³/mol. The van der Waals surface area contributed by atoms with E-state index in [4.69, 9.17) is 4.98 Å². The van der Waals surface area contributed by atoms with E-state index < -0.39 is 0 Å². The fourth-order valence-corrected chi connectivity index (χ4v) is 7.62. The number of aryl methyl sites for hydroxylation is 3. The van der Waals surface area contributed by atoms with Crippen molar-refractivity contribution in [1.29, 1.82) is 0 Å². The quantitative estimate of drug-likeness (QED) is 0.475. The standard InChI is InChI=1S/C26H29N3O2S2/c30-23(29(17-10-11-17)20-12-9-16-5-1-2-6-18(16)20)13-14-32-15-22-27-25(31)24-19-7-3-4-8-21(19)33-26(24)28-22/h1-2,5-6,17,20H,3-4,7-15H2,(H,27,28,31). The smallest absolute Gasteiger partial charge is 0.259 e. The highest BCUT2D eigenvalue weighted by molar-refractivity contribution is 7.98. The Labute approximate surface area is 202 Å². The van der Waals surface area contributed by atoms with Gasteiger partial charge in [0.05, 0.1) is 17.2 Å². The van der Waals surface area contributed by atoms with Crippen LogP contribution in [0.25, 0.3) is 10.2 Å². The molecule has 1 atom stereocenters. The van der Waals surface area contributed by atoms with Gasteiger partial charge in [0.2, 0.25) is 5.91 Å². The maximum absolute atomic E-state index is 13.2. The number of carbonyl (C=O) groups excluding carboxylic acids is 1. The number of carbonyl (C=O) groups is 1. The van der Waals surface area contributed by atoms with Crippen LogP contribution in [0.3, 0.4) is 0 Å². The third kappa shape index (κ3) is 4.14. The monoisotopic (exact) mass is 479 g/mol. The Kier molecular flexibility index (Phi) is 5.78. The summed E-state index contributed by atoms with van der Waals surface area (Å²) in [6.07, 6.45) is 9.36. The molecule has 0 saturated heterocycles. The largest absolute Gasteiger partial charge is 0.333 e. The van der Waals surface area contributed by atoms with E-state index in [0.29, 0.717) is 18.2 Å². The molecule has 7 heteroatoms. The molecular weight excluding hydrogens is 450 g/mol. The summed E-state index contributed by atoms with van der Waals surface area (Å²) in [5.74, 6) is 2.39. The van der Waals surface area contributed by atoms with E-state index in [2.05, 4.69) is 34.1 Å².